The largest absolute Gasteiger partial charge is 0.378 e. The van der Waals surface area contributed by atoms with Crippen LogP contribution in [0, 0.1) is 18.8 Å². The Morgan fingerprint density at radius 2 is 1.71 bits per heavy atom. The van der Waals surface area contributed by atoms with Crippen molar-refractivity contribution in [2.75, 3.05) is 11.9 Å². The number of nitrogens with one attached hydrogen (secondary N) is 3. The fraction of sp³-hybridized carbons (Fsp3) is 0.311. The molecule has 2 atom stereocenters. The number of aromatic nitrogens is 3. The number of fused-ring (bicyclic) bond motifs is 4. The molecule has 11 heteroatoms. The number of aryl methyl sites for hydroxylation is 2. The zero-order valence-electron chi connectivity index (χ0n) is 31.4. The van der Waals surface area contributed by atoms with Gasteiger partial charge in [-0.25, -0.2) is 0 Å². The Bertz CT molecular complexity index is 2340. The molecule has 3 aliphatic heterocycles. The van der Waals surface area contributed by atoms with Gasteiger partial charge in [0.05, 0.1) is 11.7 Å². The van der Waals surface area contributed by atoms with Crippen molar-refractivity contribution in [3.05, 3.63) is 129 Å². The number of piperidine rings is 1. The van der Waals surface area contributed by atoms with Crippen molar-refractivity contribution in [2.45, 2.75) is 83.5 Å². The van der Waals surface area contributed by atoms with Gasteiger partial charge in [-0.2, -0.15) is 0 Å². The molecule has 56 heavy (non-hydrogen) atoms. The number of rotatable bonds is 11. The summed E-state index contributed by atoms with van der Waals surface area (Å²) in [5, 5.41) is 19.3. The summed E-state index contributed by atoms with van der Waals surface area (Å²) in [4.78, 5) is 38.7. The lowest BCUT2D eigenvalue weighted by Crippen LogP contribution is -2.52. The van der Waals surface area contributed by atoms with Gasteiger partial charge in [0, 0.05) is 54.2 Å². The summed E-state index contributed by atoms with van der Waals surface area (Å²) in [7, 11) is 0. The first kappa shape index (κ1) is 37.2. The highest BCUT2D eigenvalue weighted by atomic mass is 35.5. The highest BCUT2D eigenvalue weighted by Gasteiger charge is 2.39. The number of imide groups is 1. The van der Waals surface area contributed by atoms with Crippen molar-refractivity contribution in [1.29, 1.82) is 0 Å². The van der Waals surface area contributed by atoms with Gasteiger partial charge < -0.3 is 15.5 Å². The van der Waals surface area contributed by atoms with Gasteiger partial charge >= 0.3 is 0 Å². The fourth-order valence-electron chi connectivity index (χ4n) is 7.97. The second-order valence-electron chi connectivity index (χ2n) is 14.7. The average molecular weight is 766 g/mol. The van der Waals surface area contributed by atoms with E-state index in [2.05, 4.69) is 85.0 Å². The normalized spacial score (nSPS) is 17.3. The van der Waals surface area contributed by atoms with Gasteiger partial charge in [0.15, 0.2) is 0 Å². The van der Waals surface area contributed by atoms with Gasteiger partial charge in [-0.1, -0.05) is 66.3 Å². The average Bonchev–Trinajstić information content (AvgIpc) is 3.70. The van der Waals surface area contributed by atoms with Crippen LogP contribution in [0.25, 0.3) is 16.8 Å². The SMILES string of the molecule is Cc1nnc2n1-c1ccc(-c3ccc(CNCCCCCC#Cc4cccc5c4CN(C4CCC(=O)NC4=O)C5=O)cc3)cc1C(Nc1ccc(Cl)cc1)CC2. The molecule has 0 spiro atoms. The lowest BCUT2D eigenvalue weighted by molar-refractivity contribution is -0.136. The van der Waals surface area contributed by atoms with Gasteiger partial charge in [-0.15, -0.1) is 10.2 Å². The van der Waals surface area contributed by atoms with Gasteiger partial charge in [0.1, 0.15) is 17.7 Å². The number of unbranched alkanes of at least 4 members (excludes halogenated alkanes) is 3. The van der Waals surface area contributed by atoms with E-state index in [9.17, 15) is 14.4 Å². The molecular formula is C45H44ClN7O3. The first-order valence-electron chi connectivity index (χ1n) is 19.4. The highest BCUT2D eigenvalue weighted by molar-refractivity contribution is 6.30. The van der Waals surface area contributed by atoms with E-state index in [-0.39, 0.29) is 24.3 Å². The van der Waals surface area contributed by atoms with Crippen LogP contribution in [-0.2, 0) is 29.1 Å². The summed E-state index contributed by atoms with van der Waals surface area (Å²) < 4.78 is 2.19. The third kappa shape index (κ3) is 7.97. The third-order valence-electron chi connectivity index (χ3n) is 11.0. The van der Waals surface area contributed by atoms with E-state index in [0.29, 0.717) is 18.5 Å². The zero-order chi connectivity index (χ0) is 38.6. The number of benzene rings is 4. The Morgan fingerprint density at radius 3 is 2.54 bits per heavy atom. The van der Waals surface area contributed by atoms with Crippen LogP contribution in [0.5, 0.6) is 0 Å². The van der Waals surface area contributed by atoms with E-state index in [0.717, 1.165) is 90.8 Å². The van der Waals surface area contributed by atoms with E-state index < -0.39 is 11.9 Å². The first-order valence-corrected chi connectivity index (χ1v) is 19.8. The van der Waals surface area contributed by atoms with Crippen molar-refractivity contribution < 1.29 is 14.4 Å². The molecule has 0 radical (unpaired) electrons. The van der Waals surface area contributed by atoms with Crippen molar-refractivity contribution in [3.8, 4) is 28.7 Å². The van der Waals surface area contributed by atoms with Crippen LogP contribution in [0.15, 0.2) is 84.9 Å². The number of hydrogen-bond donors (Lipinski definition) is 3. The molecule has 0 aliphatic carbocycles. The predicted octanol–water partition coefficient (Wildman–Crippen LogP) is 7.46. The van der Waals surface area contributed by atoms with Crippen LogP contribution in [0.4, 0.5) is 5.69 Å². The molecule has 3 N–H and O–H groups in total. The molecule has 3 aliphatic rings. The Labute approximate surface area is 332 Å². The van der Waals surface area contributed by atoms with E-state index >= 15 is 0 Å². The molecule has 3 amide bonds. The Kier molecular flexibility index (Phi) is 11.0. The summed E-state index contributed by atoms with van der Waals surface area (Å²) in [5.74, 6) is 7.57. The Hall–Kier alpha value is -5.76. The zero-order valence-corrected chi connectivity index (χ0v) is 32.2. The maximum Gasteiger partial charge on any atom is 0.255 e. The second kappa shape index (κ2) is 16.5. The number of halogens is 1. The minimum Gasteiger partial charge on any atom is -0.378 e. The molecule has 10 nitrogen and oxygen atoms in total. The molecule has 1 aromatic heterocycles. The van der Waals surface area contributed by atoms with Crippen molar-refractivity contribution in [3.63, 3.8) is 0 Å². The first-order chi connectivity index (χ1) is 27.3. The maximum absolute atomic E-state index is 13.1. The van der Waals surface area contributed by atoms with Gasteiger partial charge in [0.25, 0.3) is 5.91 Å². The van der Waals surface area contributed by atoms with Crippen LogP contribution in [-0.4, -0.2) is 50.0 Å². The Balaban J connectivity index is 0.817. The number of carbonyl (C=O) groups is 3. The molecule has 284 valence electrons. The lowest BCUT2D eigenvalue weighted by atomic mass is 9.95. The van der Waals surface area contributed by atoms with Crippen LogP contribution < -0.4 is 16.0 Å². The quantitative estimate of drug-likeness (QED) is 0.0726. The molecule has 1 saturated heterocycles. The molecule has 2 unspecified atom stereocenters. The molecule has 0 saturated carbocycles. The minimum atomic E-state index is -0.625. The summed E-state index contributed by atoms with van der Waals surface area (Å²) >= 11 is 6.17. The van der Waals surface area contributed by atoms with Gasteiger partial charge in [0.2, 0.25) is 11.8 Å². The number of nitrogens with zero attached hydrogens (tertiary/aromatic N) is 4. The summed E-state index contributed by atoms with van der Waals surface area (Å²) in [5.41, 5.74) is 9.23. The van der Waals surface area contributed by atoms with Crippen molar-refractivity contribution >= 4 is 35.0 Å². The van der Waals surface area contributed by atoms with E-state index in [1.54, 1.807) is 11.0 Å². The fourth-order valence-corrected chi connectivity index (χ4v) is 8.10. The third-order valence-corrected chi connectivity index (χ3v) is 11.2. The van der Waals surface area contributed by atoms with Gasteiger partial charge in [-0.3, -0.25) is 24.3 Å². The minimum absolute atomic E-state index is 0.0965. The Morgan fingerprint density at radius 1 is 0.893 bits per heavy atom. The highest BCUT2D eigenvalue weighted by Crippen LogP contribution is 2.37. The number of carbonyl (C=O) groups excluding carboxylic acids is 3. The van der Waals surface area contributed by atoms with Crippen molar-refractivity contribution in [2.24, 2.45) is 0 Å². The summed E-state index contributed by atoms with van der Waals surface area (Å²) in [6.45, 7) is 4.08. The monoisotopic (exact) mass is 765 g/mol. The molecule has 4 aromatic carbocycles. The number of hydrogen-bond acceptors (Lipinski definition) is 7. The molecule has 5 aromatic rings. The molecule has 8 rings (SSSR count). The smallest absolute Gasteiger partial charge is 0.255 e. The maximum atomic E-state index is 13.1. The predicted molar refractivity (Wildman–Crippen MR) is 217 cm³/mol. The number of anilines is 1. The van der Waals surface area contributed by atoms with E-state index in [1.165, 1.54) is 22.3 Å². The van der Waals surface area contributed by atoms with E-state index in [4.69, 9.17) is 11.6 Å². The molecular weight excluding hydrogens is 722 g/mol. The van der Waals surface area contributed by atoms with Crippen LogP contribution in [0.1, 0.15) is 95.2 Å². The molecule has 1 fully saturated rings. The van der Waals surface area contributed by atoms with E-state index in [1.807, 2.05) is 43.3 Å². The number of amides is 3. The topological polar surface area (TPSA) is 121 Å². The standard InChI is InChI=1S/C45H44ClN7O3/c1-29-50-51-42-23-20-39(48-35-18-16-34(46)17-19-35)37-26-33(15-21-40(37)53(29)42)31-13-11-30(12-14-31)27-47-25-6-4-2-3-5-8-32-9-7-10-36-38(32)28-52(45(36)56)41-22-24-43(54)49-44(41)55/h7,9-19,21,26,39,41,47-48H,2-4,6,20,22-25,27-28H2,1H3,(H,49,54,55). The van der Waals surface area contributed by atoms with Crippen LogP contribution >= 0.6 is 11.6 Å². The van der Waals surface area contributed by atoms with Crippen molar-refractivity contribution in [1.82, 2.24) is 30.3 Å². The second-order valence-corrected chi connectivity index (χ2v) is 15.2. The van der Waals surface area contributed by atoms with Gasteiger partial charge in [-0.05, 0) is 115 Å². The molecule has 4 heterocycles. The summed E-state index contributed by atoms with van der Waals surface area (Å²) in [6, 6.07) is 28.4. The molecule has 0 bridgehead atoms. The lowest BCUT2D eigenvalue weighted by Gasteiger charge is -2.29. The summed E-state index contributed by atoms with van der Waals surface area (Å²) in [6.07, 6.45) is 6.20. The van der Waals surface area contributed by atoms with Crippen LogP contribution in [0.2, 0.25) is 5.02 Å². The van der Waals surface area contributed by atoms with Crippen LogP contribution in [0.3, 0.4) is 0 Å².